The SMILES string of the molecule is CCOC(=O)c1c(NC(=O)c2ccc([N+](=O)[O-])cc2)sc(C(=O)Nc2ccccc2C)c1C. The van der Waals surface area contributed by atoms with Gasteiger partial charge in [0, 0.05) is 23.4 Å². The van der Waals surface area contributed by atoms with Gasteiger partial charge in [-0.05, 0) is 50.1 Å². The minimum atomic E-state index is -0.666. The molecule has 2 aromatic carbocycles. The molecule has 0 bridgehead atoms. The number of esters is 1. The second-order valence-electron chi connectivity index (χ2n) is 7.01. The number of thiophene rings is 1. The Labute approximate surface area is 193 Å². The molecule has 0 unspecified atom stereocenters. The van der Waals surface area contributed by atoms with E-state index in [0.717, 1.165) is 16.9 Å². The maximum absolute atomic E-state index is 13.0. The molecule has 2 amide bonds. The summed E-state index contributed by atoms with van der Waals surface area (Å²) in [5, 5.41) is 16.4. The maximum atomic E-state index is 13.0. The van der Waals surface area contributed by atoms with Crippen molar-refractivity contribution in [2.45, 2.75) is 20.8 Å². The average molecular weight is 468 g/mol. The summed E-state index contributed by atoms with van der Waals surface area (Å²) in [6.07, 6.45) is 0. The summed E-state index contributed by atoms with van der Waals surface area (Å²) in [7, 11) is 0. The first kappa shape index (κ1) is 23.6. The van der Waals surface area contributed by atoms with Crippen molar-refractivity contribution in [3.8, 4) is 0 Å². The molecule has 0 aliphatic heterocycles. The zero-order valence-corrected chi connectivity index (χ0v) is 18.9. The quantitative estimate of drug-likeness (QED) is 0.287. The molecule has 2 N–H and O–H groups in total. The van der Waals surface area contributed by atoms with E-state index in [1.54, 1.807) is 26.0 Å². The Morgan fingerprint density at radius 3 is 2.27 bits per heavy atom. The lowest BCUT2D eigenvalue weighted by Gasteiger charge is -2.08. The molecule has 0 aliphatic rings. The van der Waals surface area contributed by atoms with Gasteiger partial charge in [-0.15, -0.1) is 11.3 Å². The average Bonchev–Trinajstić information content (AvgIpc) is 3.11. The van der Waals surface area contributed by atoms with E-state index in [0.29, 0.717) is 11.3 Å². The number of carbonyl (C=O) groups excluding carboxylic acids is 3. The fourth-order valence-corrected chi connectivity index (χ4v) is 4.15. The van der Waals surface area contributed by atoms with Crippen LogP contribution in [0.25, 0.3) is 0 Å². The number of hydrogen-bond acceptors (Lipinski definition) is 7. The van der Waals surface area contributed by atoms with Crippen LogP contribution in [0.4, 0.5) is 16.4 Å². The Morgan fingerprint density at radius 2 is 1.67 bits per heavy atom. The second kappa shape index (κ2) is 10.0. The van der Waals surface area contributed by atoms with Crippen molar-refractivity contribution in [2.24, 2.45) is 0 Å². The van der Waals surface area contributed by atoms with Crippen molar-refractivity contribution in [1.29, 1.82) is 0 Å². The van der Waals surface area contributed by atoms with Gasteiger partial charge in [0.2, 0.25) is 0 Å². The fraction of sp³-hybridized carbons (Fsp3) is 0.174. The number of nitro groups is 1. The number of benzene rings is 2. The van der Waals surface area contributed by atoms with Crippen LogP contribution < -0.4 is 10.6 Å². The number of ether oxygens (including phenoxy) is 1. The molecule has 1 aromatic heterocycles. The maximum Gasteiger partial charge on any atom is 0.341 e. The first-order chi connectivity index (χ1) is 15.7. The van der Waals surface area contributed by atoms with Crippen LogP contribution in [0.15, 0.2) is 48.5 Å². The lowest BCUT2D eigenvalue weighted by Crippen LogP contribution is -2.15. The smallest absolute Gasteiger partial charge is 0.341 e. The molecule has 0 saturated carbocycles. The molecular formula is C23H21N3O6S. The summed E-state index contributed by atoms with van der Waals surface area (Å²) in [6.45, 7) is 5.24. The highest BCUT2D eigenvalue weighted by Crippen LogP contribution is 2.35. The Hall–Kier alpha value is -4.05. The van der Waals surface area contributed by atoms with Crippen molar-refractivity contribution >= 4 is 45.5 Å². The van der Waals surface area contributed by atoms with Crippen molar-refractivity contribution in [3.63, 3.8) is 0 Å². The number of nitrogens with zero attached hydrogens (tertiary/aromatic N) is 1. The van der Waals surface area contributed by atoms with Gasteiger partial charge in [-0.25, -0.2) is 4.79 Å². The number of non-ortho nitro benzene ring substituents is 1. The van der Waals surface area contributed by atoms with Gasteiger partial charge in [-0.1, -0.05) is 18.2 Å². The molecule has 33 heavy (non-hydrogen) atoms. The van der Waals surface area contributed by atoms with Crippen LogP contribution in [0.1, 0.15) is 48.4 Å². The van der Waals surface area contributed by atoms with Crippen molar-refractivity contribution in [3.05, 3.63) is 85.8 Å². The van der Waals surface area contributed by atoms with E-state index in [9.17, 15) is 24.5 Å². The molecule has 0 fully saturated rings. The standard InChI is InChI=1S/C23H21N3O6S/c1-4-32-23(29)18-14(3)19(21(28)24-17-8-6-5-7-13(17)2)33-22(18)25-20(27)15-9-11-16(12-10-15)26(30)31/h5-12H,4H2,1-3H3,(H,24,28)(H,25,27). The normalized spacial score (nSPS) is 10.4. The van der Waals surface area contributed by atoms with Gasteiger partial charge < -0.3 is 15.4 Å². The Morgan fingerprint density at radius 1 is 1.00 bits per heavy atom. The zero-order chi connectivity index (χ0) is 24.1. The molecule has 170 valence electrons. The number of aryl methyl sites for hydroxylation is 1. The van der Waals surface area contributed by atoms with Gasteiger partial charge in [0.1, 0.15) is 5.00 Å². The van der Waals surface area contributed by atoms with E-state index in [-0.39, 0.29) is 33.3 Å². The number of rotatable bonds is 7. The Kier molecular flexibility index (Phi) is 7.19. The van der Waals surface area contributed by atoms with Gasteiger partial charge in [-0.2, -0.15) is 0 Å². The topological polar surface area (TPSA) is 128 Å². The van der Waals surface area contributed by atoms with Crippen molar-refractivity contribution < 1.29 is 24.0 Å². The van der Waals surface area contributed by atoms with Gasteiger partial charge in [0.25, 0.3) is 17.5 Å². The van der Waals surface area contributed by atoms with Crippen LogP contribution in [0.5, 0.6) is 0 Å². The molecule has 0 radical (unpaired) electrons. The van der Waals surface area contributed by atoms with Gasteiger partial charge in [-0.3, -0.25) is 19.7 Å². The molecule has 0 atom stereocenters. The van der Waals surface area contributed by atoms with Crippen LogP contribution >= 0.6 is 11.3 Å². The highest BCUT2D eigenvalue weighted by Gasteiger charge is 2.27. The second-order valence-corrected chi connectivity index (χ2v) is 8.03. The third-order valence-electron chi connectivity index (χ3n) is 4.79. The van der Waals surface area contributed by atoms with E-state index < -0.39 is 22.7 Å². The minimum Gasteiger partial charge on any atom is -0.462 e. The molecule has 3 rings (SSSR count). The molecule has 1 heterocycles. The number of anilines is 2. The van der Waals surface area contributed by atoms with Gasteiger partial charge in [0.15, 0.2) is 0 Å². The van der Waals surface area contributed by atoms with Crippen LogP contribution in [0, 0.1) is 24.0 Å². The Bertz CT molecular complexity index is 1230. The first-order valence-corrected chi connectivity index (χ1v) is 10.8. The summed E-state index contributed by atoms with van der Waals surface area (Å²) in [4.78, 5) is 48.8. The molecule has 0 spiro atoms. The number of hydrogen-bond donors (Lipinski definition) is 2. The highest BCUT2D eigenvalue weighted by atomic mass is 32.1. The fourth-order valence-electron chi connectivity index (χ4n) is 3.07. The third-order valence-corrected chi connectivity index (χ3v) is 6.00. The lowest BCUT2D eigenvalue weighted by molar-refractivity contribution is -0.384. The molecular weight excluding hydrogens is 446 g/mol. The van der Waals surface area contributed by atoms with Crippen LogP contribution in [0.3, 0.4) is 0 Å². The summed E-state index contributed by atoms with van der Waals surface area (Å²) < 4.78 is 5.12. The first-order valence-electron chi connectivity index (χ1n) is 9.96. The molecule has 10 heteroatoms. The van der Waals surface area contributed by atoms with Crippen LogP contribution in [-0.2, 0) is 4.74 Å². The number of nitro benzene ring substituents is 1. The van der Waals surface area contributed by atoms with Crippen LogP contribution in [-0.4, -0.2) is 29.3 Å². The molecule has 9 nitrogen and oxygen atoms in total. The summed E-state index contributed by atoms with van der Waals surface area (Å²) in [6, 6.07) is 12.3. The Balaban J connectivity index is 1.93. The van der Waals surface area contributed by atoms with Crippen molar-refractivity contribution in [2.75, 3.05) is 17.2 Å². The summed E-state index contributed by atoms with van der Waals surface area (Å²) in [5.41, 5.74) is 1.98. The highest BCUT2D eigenvalue weighted by molar-refractivity contribution is 7.19. The minimum absolute atomic E-state index is 0.0899. The monoisotopic (exact) mass is 467 g/mol. The third kappa shape index (κ3) is 5.24. The predicted octanol–water partition coefficient (Wildman–Crippen LogP) is 4.95. The van der Waals surface area contributed by atoms with E-state index in [4.69, 9.17) is 4.74 Å². The van der Waals surface area contributed by atoms with Crippen molar-refractivity contribution in [1.82, 2.24) is 0 Å². The molecule has 0 saturated heterocycles. The summed E-state index contributed by atoms with van der Waals surface area (Å²) in [5.74, 6) is -1.67. The number of para-hydroxylation sites is 1. The van der Waals surface area contributed by atoms with E-state index in [1.807, 2.05) is 19.1 Å². The van der Waals surface area contributed by atoms with Gasteiger partial charge in [0.05, 0.1) is 22.0 Å². The number of amides is 2. The van der Waals surface area contributed by atoms with Gasteiger partial charge >= 0.3 is 5.97 Å². The largest absolute Gasteiger partial charge is 0.462 e. The lowest BCUT2D eigenvalue weighted by atomic mass is 10.1. The number of nitrogens with one attached hydrogen (secondary N) is 2. The predicted molar refractivity (Wildman–Crippen MR) is 125 cm³/mol. The van der Waals surface area contributed by atoms with E-state index >= 15 is 0 Å². The van der Waals surface area contributed by atoms with E-state index in [1.165, 1.54) is 24.3 Å². The molecule has 3 aromatic rings. The zero-order valence-electron chi connectivity index (χ0n) is 18.1. The van der Waals surface area contributed by atoms with Crippen LogP contribution in [0.2, 0.25) is 0 Å². The summed E-state index contributed by atoms with van der Waals surface area (Å²) >= 11 is 0.952. The molecule has 0 aliphatic carbocycles. The number of carbonyl (C=O) groups is 3. The van der Waals surface area contributed by atoms with E-state index in [2.05, 4.69) is 10.6 Å².